The highest BCUT2D eigenvalue weighted by Gasteiger charge is 2.41. The van der Waals surface area contributed by atoms with E-state index in [0.29, 0.717) is 16.7 Å². The number of benzene rings is 2. The van der Waals surface area contributed by atoms with Crippen LogP contribution in [0.5, 0.6) is 17.2 Å². The Labute approximate surface area is 148 Å². The molecular formula is C20H18O6. The van der Waals surface area contributed by atoms with Crippen molar-refractivity contribution in [2.24, 2.45) is 0 Å². The first-order valence-corrected chi connectivity index (χ1v) is 8.23. The number of aliphatic hydroxyl groups excluding tert-OH is 1. The monoisotopic (exact) mass is 354 g/mol. The number of rotatable bonds is 2. The number of hydrogen-bond acceptors (Lipinski definition) is 6. The second kappa shape index (κ2) is 5.51. The summed E-state index contributed by atoms with van der Waals surface area (Å²) in [6.07, 6.45) is -0.373. The third-order valence-electron chi connectivity index (χ3n) is 5.04. The van der Waals surface area contributed by atoms with Gasteiger partial charge in [0.25, 0.3) is 0 Å². The minimum absolute atomic E-state index is 0.0943. The third-order valence-corrected chi connectivity index (χ3v) is 5.04. The average molecular weight is 354 g/mol. The highest BCUT2D eigenvalue weighted by atomic mass is 16.5. The van der Waals surface area contributed by atoms with Crippen molar-refractivity contribution in [2.45, 2.75) is 25.4 Å². The number of phenols is 2. The topological polar surface area (TPSA) is 100 Å². The lowest BCUT2D eigenvalue weighted by Crippen LogP contribution is -2.35. The Morgan fingerprint density at radius 3 is 2.54 bits per heavy atom. The van der Waals surface area contributed by atoms with Crippen LogP contribution in [-0.2, 0) is 5.41 Å². The van der Waals surface area contributed by atoms with Gasteiger partial charge in [-0.3, -0.25) is 0 Å². The lowest BCUT2D eigenvalue weighted by molar-refractivity contribution is 0.0888. The summed E-state index contributed by atoms with van der Waals surface area (Å²) in [5.41, 5.74) is 0.765. The summed E-state index contributed by atoms with van der Waals surface area (Å²) in [5.74, 6) is 0.287. The molecule has 0 unspecified atom stereocenters. The van der Waals surface area contributed by atoms with Gasteiger partial charge in [-0.1, -0.05) is 13.8 Å². The van der Waals surface area contributed by atoms with E-state index in [1.807, 2.05) is 19.9 Å². The van der Waals surface area contributed by atoms with E-state index in [1.165, 1.54) is 18.2 Å². The Morgan fingerprint density at radius 2 is 1.85 bits per heavy atom. The van der Waals surface area contributed by atoms with Gasteiger partial charge in [-0.25, -0.2) is 4.79 Å². The van der Waals surface area contributed by atoms with Crippen LogP contribution in [0.2, 0.25) is 0 Å². The minimum atomic E-state index is -0.602. The van der Waals surface area contributed by atoms with Crippen LogP contribution < -0.4 is 10.4 Å². The number of ether oxygens (including phenoxy) is 1. The summed E-state index contributed by atoms with van der Waals surface area (Å²) in [7, 11) is 0. The van der Waals surface area contributed by atoms with Crippen LogP contribution in [-0.4, -0.2) is 28.0 Å². The van der Waals surface area contributed by atoms with Crippen LogP contribution in [0.15, 0.2) is 45.6 Å². The Morgan fingerprint density at radius 1 is 1.08 bits per heavy atom. The van der Waals surface area contributed by atoms with Crippen molar-refractivity contribution in [3.63, 3.8) is 0 Å². The van der Waals surface area contributed by atoms with E-state index in [2.05, 4.69) is 0 Å². The molecule has 0 saturated carbocycles. The van der Waals surface area contributed by atoms with Gasteiger partial charge in [-0.2, -0.15) is 0 Å². The van der Waals surface area contributed by atoms with Crippen LogP contribution in [0.25, 0.3) is 22.1 Å². The molecule has 3 N–H and O–H groups in total. The van der Waals surface area contributed by atoms with Gasteiger partial charge >= 0.3 is 5.63 Å². The Kier molecular flexibility index (Phi) is 3.49. The fraction of sp³-hybridized carbons (Fsp3) is 0.250. The predicted octanol–water partition coefficient (Wildman–Crippen LogP) is 2.90. The molecule has 1 aliphatic heterocycles. The van der Waals surface area contributed by atoms with E-state index >= 15 is 0 Å². The van der Waals surface area contributed by atoms with E-state index < -0.39 is 11.0 Å². The molecule has 6 nitrogen and oxygen atoms in total. The summed E-state index contributed by atoms with van der Waals surface area (Å²) >= 11 is 0. The molecule has 1 atom stereocenters. The number of aliphatic hydroxyl groups is 1. The third kappa shape index (κ3) is 2.34. The molecule has 1 aromatic heterocycles. The molecule has 4 rings (SSSR count). The molecule has 0 radical (unpaired) electrons. The largest absolute Gasteiger partial charge is 0.508 e. The molecule has 0 fully saturated rings. The van der Waals surface area contributed by atoms with E-state index in [4.69, 9.17) is 9.15 Å². The molecule has 0 spiro atoms. The summed E-state index contributed by atoms with van der Waals surface area (Å²) < 4.78 is 11.2. The van der Waals surface area contributed by atoms with Crippen molar-refractivity contribution in [3.05, 3.63) is 52.4 Å². The molecule has 26 heavy (non-hydrogen) atoms. The summed E-state index contributed by atoms with van der Waals surface area (Å²) in [4.78, 5) is 12.4. The van der Waals surface area contributed by atoms with Crippen LogP contribution in [0.4, 0.5) is 0 Å². The maximum atomic E-state index is 12.4. The fourth-order valence-electron chi connectivity index (χ4n) is 3.42. The molecule has 3 aromatic rings. The van der Waals surface area contributed by atoms with Gasteiger partial charge in [0.2, 0.25) is 0 Å². The molecule has 6 heteroatoms. The summed E-state index contributed by atoms with van der Waals surface area (Å²) in [6, 6.07) is 9.21. The van der Waals surface area contributed by atoms with Gasteiger partial charge in [0.15, 0.2) is 0 Å². The number of fused-ring (bicyclic) bond motifs is 2. The molecule has 2 heterocycles. The van der Waals surface area contributed by atoms with Gasteiger partial charge in [0.05, 0.1) is 12.2 Å². The van der Waals surface area contributed by atoms with E-state index in [0.717, 1.165) is 5.56 Å². The standard InChI is InChI=1S/C20H18O6/c1-20(2)14-6-10-5-13(12-4-3-11(22)7-15(12)23)19(24)26-16(10)8-17(14)25-18(20)9-21/h3-8,18,21-23H,9H2,1-2H3/t18-/m1/s1. The Hall–Kier alpha value is -2.99. The summed E-state index contributed by atoms with van der Waals surface area (Å²) in [5, 5.41) is 29.7. The second-order valence-electron chi connectivity index (χ2n) is 7.05. The molecule has 0 aliphatic carbocycles. The quantitative estimate of drug-likeness (QED) is 0.612. The van der Waals surface area contributed by atoms with Crippen molar-refractivity contribution < 1.29 is 24.5 Å². The normalized spacial score (nSPS) is 17.9. The van der Waals surface area contributed by atoms with Crippen LogP contribution in [0.3, 0.4) is 0 Å². The van der Waals surface area contributed by atoms with Crippen molar-refractivity contribution >= 4 is 11.0 Å². The fourth-order valence-corrected chi connectivity index (χ4v) is 3.42. The van der Waals surface area contributed by atoms with Gasteiger partial charge < -0.3 is 24.5 Å². The molecule has 0 amide bonds. The highest BCUT2D eigenvalue weighted by molar-refractivity contribution is 5.85. The SMILES string of the molecule is CC1(C)c2cc3cc(-c4ccc(O)cc4O)c(=O)oc3cc2O[C@@H]1CO. The molecule has 134 valence electrons. The minimum Gasteiger partial charge on any atom is -0.508 e. The maximum Gasteiger partial charge on any atom is 0.344 e. The molecular weight excluding hydrogens is 336 g/mol. The van der Waals surface area contributed by atoms with Crippen LogP contribution in [0.1, 0.15) is 19.4 Å². The van der Waals surface area contributed by atoms with Crippen molar-refractivity contribution in [3.8, 4) is 28.4 Å². The van der Waals surface area contributed by atoms with Gasteiger partial charge in [-0.15, -0.1) is 0 Å². The first-order valence-electron chi connectivity index (χ1n) is 8.23. The first kappa shape index (κ1) is 16.5. The van der Waals surface area contributed by atoms with Crippen molar-refractivity contribution in [1.82, 2.24) is 0 Å². The smallest absolute Gasteiger partial charge is 0.344 e. The van der Waals surface area contributed by atoms with Gasteiger partial charge in [0.1, 0.15) is 28.9 Å². The zero-order chi connectivity index (χ0) is 18.6. The molecule has 2 aromatic carbocycles. The second-order valence-corrected chi connectivity index (χ2v) is 7.05. The Balaban J connectivity index is 1.93. The van der Waals surface area contributed by atoms with E-state index in [9.17, 15) is 20.1 Å². The van der Waals surface area contributed by atoms with E-state index in [-0.39, 0.29) is 35.3 Å². The molecule has 0 saturated heterocycles. The number of phenolic OH excluding ortho intramolecular Hbond substituents is 2. The number of hydrogen-bond donors (Lipinski definition) is 3. The molecule has 0 bridgehead atoms. The van der Waals surface area contributed by atoms with Gasteiger partial charge in [-0.05, 0) is 24.3 Å². The number of aromatic hydroxyl groups is 2. The van der Waals surface area contributed by atoms with Gasteiger partial charge in [0, 0.05) is 34.1 Å². The lowest BCUT2D eigenvalue weighted by Gasteiger charge is -2.23. The Bertz CT molecular complexity index is 1080. The molecule has 1 aliphatic rings. The predicted molar refractivity (Wildman–Crippen MR) is 95.8 cm³/mol. The average Bonchev–Trinajstić information content (AvgIpc) is 2.83. The van der Waals surface area contributed by atoms with Crippen molar-refractivity contribution in [1.29, 1.82) is 0 Å². The van der Waals surface area contributed by atoms with E-state index in [1.54, 1.807) is 12.1 Å². The zero-order valence-electron chi connectivity index (χ0n) is 14.3. The van der Waals surface area contributed by atoms with Crippen molar-refractivity contribution in [2.75, 3.05) is 6.61 Å². The maximum absolute atomic E-state index is 12.4. The lowest BCUT2D eigenvalue weighted by atomic mass is 9.81. The van der Waals surface area contributed by atoms with Crippen LogP contribution >= 0.6 is 0 Å². The first-order chi connectivity index (χ1) is 12.3. The summed E-state index contributed by atoms with van der Waals surface area (Å²) in [6.45, 7) is 3.85. The highest BCUT2D eigenvalue weighted by Crippen LogP contribution is 2.44. The van der Waals surface area contributed by atoms with Crippen LogP contribution in [0, 0.1) is 0 Å². The zero-order valence-corrected chi connectivity index (χ0v) is 14.3.